The van der Waals surface area contributed by atoms with Gasteiger partial charge in [-0.3, -0.25) is 0 Å². The Bertz CT molecular complexity index is 609. The molecule has 0 saturated heterocycles. The van der Waals surface area contributed by atoms with E-state index in [4.69, 9.17) is 21.6 Å². The van der Waals surface area contributed by atoms with Gasteiger partial charge in [0.05, 0.1) is 16.7 Å². The van der Waals surface area contributed by atoms with Crippen LogP contribution in [0.25, 0.3) is 0 Å². The number of hydrogen-bond donors (Lipinski definition) is 0. The highest BCUT2D eigenvalue weighted by Gasteiger charge is 2.05. The molecule has 3 heteroatoms. The SMILES string of the molecule is Cc1cc(C)cc(Oc2ccc(C#N)cc2Cl)c1. The number of hydrogen-bond acceptors (Lipinski definition) is 2. The first-order valence-corrected chi connectivity index (χ1v) is 5.92. The predicted octanol–water partition coefficient (Wildman–Crippen LogP) is 4.62. The molecule has 0 aliphatic rings. The summed E-state index contributed by atoms with van der Waals surface area (Å²) in [6.45, 7) is 4.03. The van der Waals surface area contributed by atoms with Crippen LogP contribution >= 0.6 is 11.6 Å². The van der Waals surface area contributed by atoms with E-state index in [-0.39, 0.29) is 0 Å². The smallest absolute Gasteiger partial charge is 0.146 e. The maximum Gasteiger partial charge on any atom is 0.146 e. The molecule has 0 N–H and O–H groups in total. The van der Waals surface area contributed by atoms with Crippen LogP contribution in [0.1, 0.15) is 16.7 Å². The molecular weight excluding hydrogens is 246 g/mol. The number of halogens is 1. The Morgan fingerprint density at radius 3 is 2.28 bits per heavy atom. The van der Waals surface area contributed by atoms with Crippen molar-refractivity contribution in [1.82, 2.24) is 0 Å². The van der Waals surface area contributed by atoms with Crippen LogP contribution in [0.4, 0.5) is 0 Å². The summed E-state index contributed by atoms with van der Waals surface area (Å²) >= 11 is 6.06. The van der Waals surface area contributed by atoms with Crippen LogP contribution in [0.15, 0.2) is 36.4 Å². The fraction of sp³-hybridized carbons (Fsp3) is 0.133. The minimum absolute atomic E-state index is 0.438. The number of nitriles is 1. The van der Waals surface area contributed by atoms with Crippen molar-refractivity contribution in [1.29, 1.82) is 5.26 Å². The van der Waals surface area contributed by atoms with Crippen LogP contribution in [0.2, 0.25) is 5.02 Å². The molecule has 0 aliphatic carbocycles. The van der Waals surface area contributed by atoms with Gasteiger partial charge in [-0.25, -0.2) is 0 Å². The maximum atomic E-state index is 8.77. The quantitative estimate of drug-likeness (QED) is 0.786. The third-order valence-corrected chi connectivity index (χ3v) is 2.78. The van der Waals surface area contributed by atoms with Crippen molar-refractivity contribution in [2.45, 2.75) is 13.8 Å². The number of rotatable bonds is 2. The fourth-order valence-electron chi connectivity index (χ4n) is 1.77. The van der Waals surface area contributed by atoms with E-state index in [0.717, 1.165) is 16.9 Å². The third kappa shape index (κ3) is 2.82. The van der Waals surface area contributed by atoms with Crippen LogP contribution in [0, 0.1) is 25.2 Å². The molecule has 0 fully saturated rings. The number of ether oxygens (including phenoxy) is 1. The molecule has 2 aromatic carbocycles. The molecule has 0 radical (unpaired) electrons. The lowest BCUT2D eigenvalue weighted by molar-refractivity contribution is 0.482. The minimum atomic E-state index is 0.438. The van der Waals surface area contributed by atoms with E-state index >= 15 is 0 Å². The van der Waals surface area contributed by atoms with E-state index in [1.807, 2.05) is 32.0 Å². The normalized spacial score (nSPS) is 9.89. The molecule has 0 unspecified atom stereocenters. The van der Waals surface area contributed by atoms with E-state index in [1.54, 1.807) is 18.2 Å². The van der Waals surface area contributed by atoms with Crippen LogP contribution in [-0.2, 0) is 0 Å². The molecule has 2 nitrogen and oxygen atoms in total. The molecule has 18 heavy (non-hydrogen) atoms. The van der Waals surface area contributed by atoms with E-state index in [9.17, 15) is 0 Å². The van der Waals surface area contributed by atoms with Gasteiger partial charge >= 0.3 is 0 Å². The Balaban J connectivity index is 2.31. The van der Waals surface area contributed by atoms with Gasteiger partial charge in [0.2, 0.25) is 0 Å². The van der Waals surface area contributed by atoms with Gasteiger partial charge in [0.1, 0.15) is 11.5 Å². The number of benzene rings is 2. The lowest BCUT2D eigenvalue weighted by Crippen LogP contribution is -1.88. The molecule has 0 saturated carbocycles. The summed E-state index contributed by atoms with van der Waals surface area (Å²) in [6.07, 6.45) is 0. The fourth-order valence-corrected chi connectivity index (χ4v) is 1.99. The summed E-state index contributed by atoms with van der Waals surface area (Å²) in [7, 11) is 0. The molecule has 2 aromatic rings. The zero-order valence-corrected chi connectivity index (χ0v) is 11.0. The second-order valence-corrected chi connectivity index (χ2v) is 4.59. The topological polar surface area (TPSA) is 33.0 Å². The summed E-state index contributed by atoms with van der Waals surface area (Å²) in [6, 6.07) is 13.0. The number of nitrogens with zero attached hydrogens (tertiary/aromatic N) is 1. The third-order valence-electron chi connectivity index (χ3n) is 2.48. The molecule has 0 spiro atoms. The summed E-state index contributed by atoms with van der Waals surface area (Å²) in [5, 5.41) is 9.20. The van der Waals surface area contributed by atoms with E-state index in [0.29, 0.717) is 16.3 Å². The summed E-state index contributed by atoms with van der Waals surface area (Å²) in [5.41, 5.74) is 2.79. The Labute approximate surface area is 111 Å². The van der Waals surface area contributed by atoms with Crippen molar-refractivity contribution < 1.29 is 4.74 Å². The molecule has 0 aromatic heterocycles. The number of aryl methyl sites for hydroxylation is 2. The van der Waals surface area contributed by atoms with E-state index in [1.165, 1.54) is 0 Å². The molecule has 0 aliphatic heterocycles. The van der Waals surface area contributed by atoms with Crippen molar-refractivity contribution in [3.05, 3.63) is 58.1 Å². The zero-order chi connectivity index (χ0) is 13.1. The average molecular weight is 258 g/mol. The Morgan fingerprint density at radius 2 is 1.72 bits per heavy atom. The van der Waals surface area contributed by atoms with Crippen molar-refractivity contribution in [3.63, 3.8) is 0 Å². The van der Waals surface area contributed by atoms with Gasteiger partial charge in [-0.05, 0) is 55.3 Å². The van der Waals surface area contributed by atoms with E-state index in [2.05, 4.69) is 6.07 Å². The maximum absolute atomic E-state index is 8.77. The molecular formula is C15H12ClNO. The van der Waals surface area contributed by atoms with Crippen molar-refractivity contribution in [2.24, 2.45) is 0 Å². The Kier molecular flexibility index (Phi) is 3.55. The van der Waals surface area contributed by atoms with Gasteiger partial charge in [0.15, 0.2) is 0 Å². The second-order valence-electron chi connectivity index (χ2n) is 4.18. The lowest BCUT2D eigenvalue weighted by atomic mass is 10.1. The minimum Gasteiger partial charge on any atom is -0.456 e. The van der Waals surface area contributed by atoms with E-state index < -0.39 is 0 Å². The van der Waals surface area contributed by atoms with Gasteiger partial charge in [0, 0.05) is 0 Å². The first kappa shape index (κ1) is 12.5. The van der Waals surface area contributed by atoms with Gasteiger partial charge < -0.3 is 4.74 Å². The van der Waals surface area contributed by atoms with Gasteiger partial charge in [-0.15, -0.1) is 0 Å². The largest absolute Gasteiger partial charge is 0.456 e. The average Bonchev–Trinajstić information content (AvgIpc) is 2.30. The van der Waals surface area contributed by atoms with Gasteiger partial charge in [-0.2, -0.15) is 5.26 Å². The monoisotopic (exact) mass is 257 g/mol. The first-order valence-electron chi connectivity index (χ1n) is 5.54. The molecule has 0 atom stereocenters. The van der Waals surface area contributed by atoms with Crippen molar-refractivity contribution in [2.75, 3.05) is 0 Å². The summed E-state index contributed by atoms with van der Waals surface area (Å²) in [4.78, 5) is 0. The molecule has 0 amide bonds. The zero-order valence-electron chi connectivity index (χ0n) is 10.2. The van der Waals surface area contributed by atoms with Crippen molar-refractivity contribution >= 4 is 11.6 Å². The Morgan fingerprint density at radius 1 is 1.06 bits per heavy atom. The standard InChI is InChI=1S/C15H12ClNO/c1-10-5-11(2)7-13(6-10)18-15-4-3-12(9-17)8-14(15)16/h3-8H,1-2H3. The van der Waals surface area contributed by atoms with Crippen LogP contribution < -0.4 is 4.74 Å². The van der Waals surface area contributed by atoms with Crippen LogP contribution in [0.5, 0.6) is 11.5 Å². The van der Waals surface area contributed by atoms with Crippen LogP contribution in [-0.4, -0.2) is 0 Å². The van der Waals surface area contributed by atoms with Crippen molar-refractivity contribution in [3.8, 4) is 17.6 Å². The molecule has 0 heterocycles. The summed E-state index contributed by atoms with van der Waals surface area (Å²) < 4.78 is 5.73. The van der Waals surface area contributed by atoms with Gasteiger partial charge in [0.25, 0.3) is 0 Å². The summed E-state index contributed by atoms with van der Waals surface area (Å²) in [5.74, 6) is 1.31. The first-order chi connectivity index (χ1) is 8.58. The Hall–Kier alpha value is -1.98. The molecule has 0 bridgehead atoms. The van der Waals surface area contributed by atoms with Gasteiger partial charge in [-0.1, -0.05) is 17.7 Å². The highest BCUT2D eigenvalue weighted by molar-refractivity contribution is 6.32. The van der Waals surface area contributed by atoms with Crippen LogP contribution in [0.3, 0.4) is 0 Å². The highest BCUT2D eigenvalue weighted by Crippen LogP contribution is 2.30. The lowest BCUT2D eigenvalue weighted by Gasteiger charge is -2.09. The molecule has 2 rings (SSSR count). The predicted molar refractivity (Wildman–Crippen MR) is 72.2 cm³/mol. The highest BCUT2D eigenvalue weighted by atomic mass is 35.5. The molecule has 90 valence electrons. The second kappa shape index (κ2) is 5.12.